The predicted octanol–water partition coefficient (Wildman–Crippen LogP) is 3.06. The first kappa shape index (κ1) is 15.6. The first-order chi connectivity index (χ1) is 8.02. The Morgan fingerprint density at radius 2 is 1.71 bits per heavy atom. The van der Waals surface area contributed by atoms with Gasteiger partial charge in [-0.05, 0) is 31.3 Å². The highest BCUT2D eigenvalue weighted by atomic mass is 16.5. The summed E-state index contributed by atoms with van der Waals surface area (Å²) in [6, 6.07) is 0. The first-order valence-electron chi connectivity index (χ1n) is 5.90. The number of carbonyl (C=O) groups is 2. The van der Waals surface area contributed by atoms with E-state index in [1.165, 1.54) is 26.4 Å². The lowest BCUT2D eigenvalue weighted by atomic mass is 9.84. The Balaban J connectivity index is 0.000000437. The highest BCUT2D eigenvalue weighted by molar-refractivity contribution is 5.88. The second-order valence-electron chi connectivity index (χ2n) is 4.32. The molecule has 0 radical (unpaired) electrons. The van der Waals surface area contributed by atoms with Gasteiger partial charge in [0.15, 0.2) is 0 Å². The fraction of sp³-hybridized carbons (Fsp3) is 0.571. The summed E-state index contributed by atoms with van der Waals surface area (Å²) in [5.41, 5.74) is 1.24. The van der Waals surface area contributed by atoms with E-state index in [4.69, 9.17) is 0 Å². The Bertz CT molecular complexity index is 286. The molecule has 0 aromatic heterocycles. The average molecular weight is 238 g/mol. The number of aldehydes is 1. The smallest absolute Gasteiger partial charge is 0.333 e. The van der Waals surface area contributed by atoms with Crippen LogP contribution in [0.15, 0.2) is 24.3 Å². The molecule has 1 saturated carbocycles. The van der Waals surface area contributed by atoms with Gasteiger partial charge in [0.25, 0.3) is 0 Å². The zero-order valence-corrected chi connectivity index (χ0v) is 10.8. The van der Waals surface area contributed by atoms with Crippen molar-refractivity contribution in [2.24, 2.45) is 5.92 Å². The highest BCUT2D eigenvalue weighted by Crippen LogP contribution is 2.29. The van der Waals surface area contributed by atoms with Crippen LogP contribution in [0.1, 0.15) is 39.0 Å². The van der Waals surface area contributed by atoms with Crippen LogP contribution in [-0.4, -0.2) is 19.4 Å². The van der Waals surface area contributed by atoms with E-state index in [9.17, 15) is 9.59 Å². The van der Waals surface area contributed by atoms with Gasteiger partial charge >= 0.3 is 5.97 Å². The van der Waals surface area contributed by atoms with Crippen LogP contribution in [0.2, 0.25) is 0 Å². The molecule has 3 nitrogen and oxygen atoms in total. The van der Waals surface area contributed by atoms with Gasteiger partial charge in [-0.2, -0.15) is 0 Å². The molecule has 0 bridgehead atoms. The summed E-state index contributed by atoms with van der Waals surface area (Å²) >= 11 is 0. The van der Waals surface area contributed by atoms with Gasteiger partial charge in [-0.3, -0.25) is 4.79 Å². The van der Waals surface area contributed by atoms with Gasteiger partial charge in [0.2, 0.25) is 0 Å². The largest absolute Gasteiger partial charge is 0.466 e. The van der Waals surface area contributed by atoms with E-state index in [1.807, 2.05) is 0 Å². The summed E-state index contributed by atoms with van der Waals surface area (Å²) in [6.07, 6.45) is 6.67. The standard InChI is InChI=1S/C10H16O2.C4H6O/c1-8(10(11)12-2)9-6-4-3-5-7-9;1-4(2)3-5/h9H,1,3-7H2,2H3;3H,1H2,2H3. The monoisotopic (exact) mass is 238 g/mol. The van der Waals surface area contributed by atoms with Gasteiger partial charge in [-0.15, -0.1) is 0 Å². The van der Waals surface area contributed by atoms with Crippen molar-refractivity contribution in [3.8, 4) is 0 Å². The van der Waals surface area contributed by atoms with Gasteiger partial charge in [0.05, 0.1) is 7.11 Å². The average Bonchev–Trinajstić information content (AvgIpc) is 2.38. The Labute approximate surface area is 104 Å². The minimum absolute atomic E-state index is 0.234. The van der Waals surface area contributed by atoms with Crippen LogP contribution in [-0.2, 0) is 14.3 Å². The minimum Gasteiger partial charge on any atom is -0.466 e. The van der Waals surface area contributed by atoms with Crippen LogP contribution in [0, 0.1) is 5.92 Å². The SMILES string of the molecule is C=C(C(=O)OC)C1CCCCC1.C=C(C)C=O. The van der Waals surface area contributed by atoms with Gasteiger partial charge in [0, 0.05) is 5.57 Å². The van der Waals surface area contributed by atoms with Crippen LogP contribution < -0.4 is 0 Å². The van der Waals surface area contributed by atoms with E-state index in [1.54, 1.807) is 6.92 Å². The van der Waals surface area contributed by atoms with Gasteiger partial charge < -0.3 is 4.74 Å². The predicted molar refractivity (Wildman–Crippen MR) is 68.6 cm³/mol. The molecule has 0 N–H and O–H groups in total. The van der Waals surface area contributed by atoms with Crippen LogP contribution >= 0.6 is 0 Å². The molecule has 1 fully saturated rings. The molecule has 0 aromatic carbocycles. The molecular weight excluding hydrogens is 216 g/mol. The number of allylic oxidation sites excluding steroid dienone is 1. The van der Waals surface area contributed by atoms with Crippen molar-refractivity contribution in [2.45, 2.75) is 39.0 Å². The molecule has 0 unspecified atom stereocenters. The molecule has 3 heteroatoms. The third-order valence-electron chi connectivity index (χ3n) is 2.75. The van der Waals surface area contributed by atoms with Crippen molar-refractivity contribution in [1.29, 1.82) is 0 Å². The van der Waals surface area contributed by atoms with E-state index in [-0.39, 0.29) is 5.97 Å². The number of hydrogen-bond donors (Lipinski definition) is 0. The maximum Gasteiger partial charge on any atom is 0.333 e. The molecule has 0 aromatic rings. The second-order valence-corrected chi connectivity index (χ2v) is 4.32. The number of esters is 1. The molecule has 0 atom stereocenters. The summed E-state index contributed by atoms with van der Waals surface area (Å²) in [6.45, 7) is 8.74. The van der Waals surface area contributed by atoms with E-state index >= 15 is 0 Å². The molecule has 0 heterocycles. The molecule has 0 spiro atoms. The molecule has 0 saturated heterocycles. The van der Waals surface area contributed by atoms with Crippen molar-refractivity contribution in [3.05, 3.63) is 24.3 Å². The third-order valence-corrected chi connectivity index (χ3v) is 2.75. The third kappa shape index (κ3) is 6.72. The molecule has 0 amide bonds. The normalized spacial score (nSPS) is 15.2. The fourth-order valence-electron chi connectivity index (χ4n) is 1.75. The number of methoxy groups -OCH3 is 1. The zero-order chi connectivity index (χ0) is 13.3. The Morgan fingerprint density at radius 1 is 1.24 bits per heavy atom. The highest BCUT2D eigenvalue weighted by Gasteiger charge is 2.21. The van der Waals surface area contributed by atoms with Gasteiger partial charge in [-0.1, -0.05) is 32.4 Å². The van der Waals surface area contributed by atoms with E-state index in [2.05, 4.69) is 17.9 Å². The van der Waals surface area contributed by atoms with Crippen molar-refractivity contribution in [1.82, 2.24) is 0 Å². The quantitative estimate of drug-likeness (QED) is 0.431. The summed E-state index contributed by atoms with van der Waals surface area (Å²) in [5.74, 6) is 0.146. The van der Waals surface area contributed by atoms with Gasteiger partial charge in [0.1, 0.15) is 6.29 Å². The molecule has 0 aliphatic heterocycles. The van der Waals surface area contributed by atoms with Crippen molar-refractivity contribution >= 4 is 12.3 Å². The second kappa shape index (κ2) is 8.74. The Morgan fingerprint density at radius 3 is 2.06 bits per heavy atom. The van der Waals surface area contributed by atoms with Crippen LogP contribution in [0.25, 0.3) is 0 Å². The van der Waals surface area contributed by atoms with Crippen LogP contribution in [0.3, 0.4) is 0 Å². The summed E-state index contributed by atoms with van der Waals surface area (Å²) in [7, 11) is 1.41. The van der Waals surface area contributed by atoms with Crippen molar-refractivity contribution in [2.75, 3.05) is 7.11 Å². The molecule has 17 heavy (non-hydrogen) atoms. The van der Waals surface area contributed by atoms with E-state index in [0.717, 1.165) is 19.1 Å². The molecule has 1 rings (SSSR count). The zero-order valence-electron chi connectivity index (χ0n) is 10.8. The lowest BCUT2D eigenvalue weighted by Crippen LogP contribution is -2.16. The lowest BCUT2D eigenvalue weighted by Gasteiger charge is -2.21. The molecule has 96 valence electrons. The maximum absolute atomic E-state index is 11.1. The topological polar surface area (TPSA) is 43.4 Å². The Hall–Kier alpha value is -1.38. The number of rotatable bonds is 3. The van der Waals surface area contributed by atoms with E-state index < -0.39 is 0 Å². The van der Waals surface area contributed by atoms with Crippen LogP contribution in [0.4, 0.5) is 0 Å². The number of hydrogen-bond acceptors (Lipinski definition) is 3. The van der Waals surface area contributed by atoms with Crippen molar-refractivity contribution in [3.63, 3.8) is 0 Å². The minimum atomic E-state index is -0.234. The summed E-state index contributed by atoms with van der Waals surface area (Å²) in [5, 5.41) is 0. The summed E-state index contributed by atoms with van der Waals surface area (Å²) in [4.78, 5) is 20.5. The maximum atomic E-state index is 11.1. The van der Waals surface area contributed by atoms with E-state index in [0.29, 0.717) is 17.1 Å². The number of ether oxygens (including phenoxy) is 1. The first-order valence-corrected chi connectivity index (χ1v) is 5.90. The van der Waals surface area contributed by atoms with Crippen LogP contribution in [0.5, 0.6) is 0 Å². The molecule has 1 aliphatic carbocycles. The molecular formula is C14H22O3. The van der Waals surface area contributed by atoms with Crippen molar-refractivity contribution < 1.29 is 14.3 Å². The molecule has 1 aliphatic rings. The number of carbonyl (C=O) groups excluding carboxylic acids is 2. The summed E-state index contributed by atoms with van der Waals surface area (Å²) < 4.78 is 4.63. The Kier molecular flexibility index (Phi) is 8.03. The lowest BCUT2D eigenvalue weighted by molar-refractivity contribution is -0.136. The fourth-order valence-corrected chi connectivity index (χ4v) is 1.75. The van der Waals surface area contributed by atoms with Gasteiger partial charge in [-0.25, -0.2) is 4.79 Å².